The smallest absolute Gasteiger partial charge is 0.355 e. The van der Waals surface area contributed by atoms with Crippen LogP contribution in [0, 0.1) is 17.1 Å². The molecule has 0 aliphatic heterocycles. The van der Waals surface area contributed by atoms with Crippen molar-refractivity contribution in [2.24, 2.45) is 0 Å². The van der Waals surface area contributed by atoms with Crippen LogP contribution in [0.2, 0.25) is 0 Å². The Labute approximate surface area is 139 Å². The molecule has 0 saturated heterocycles. The summed E-state index contributed by atoms with van der Waals surface area (Å²) in [6, 6.07) is 11.8. The van der Waals surface area contributed by atoms with E-state index in [0.717, 1.165) is 0 Å². The molecule has 0 radical (unpaired) electrons. The Bertz CT molecular complexity index is 779. The van der Waals surface area contributed by atoms with E-state index in [2.05, 4.69) is 0 Å². The number of methoxy groups -OCH3 is 1. The van der Waals surface area contributed by atoms with E-state index in [1.165, 1.54) is 63.4 Å². The topological polar surface area (TPSA) is 68.5 Å². The maximum Gasteiger partial charge on any atom is 0.355 e. The molecule has 0 bridgehead atoms. The number of halogens is 1. The van der Waals surface area contributed by atoms with Crippen LogP contribution in [0.25, 0.3) is 0 Å². The fraction of sp³-hybridized carbons (Fsp3) is 0.222. The fourth-order valence-corrected chi connectivity index (χ4v) is 1.88. The van der Waals surface area contributed by atoms with Gasteiger partial charge in [-0.3, -0.25) is 0 Å². The summed E-state index contributed by atoms with van der Waals surface area (Å²) < 4.78 is 28.9. The Kier molecular flexibility index (Phi) is 5.05. The van der Waals surface area contributed by atoms with E-state index in [4.69, 9.17) is 19.5 Å². The first-order valence-electron chi connectivity index (χ1n) is 7.10. The predicted molar refractivity (Wildman–Crippen MR) is 84.5 cm³/mol. The van der Waals surface area contributed by atoms with Crippen LogP contribution in [0.4, 0.5) is 4.39 Å². The molecule has 0 aromatic heterocycles. The van der Waals surface area contributed by atoms with E-state index in [1.807, 2.05) is 6.07 Å². The molecule has 0 fully saturated rings. The van der Waals surface area contributed by atoms with E-state index in [0.29, 0.717) is 11.3 Å². The molecule has 0 heterocycles. The standard InChI is InChI=1S/C18H16FNO4/c1-18(2,24-14-7-5-13(19)6-8-14)17(21)23-15-9-4-12(11-20)10-16(15)22-3/h4-10H,1-3H3. The zero-order chi connectivity index (χ0) is 17.7. The highest BCUT2D eigenvalue weighted by Gasteiger charge is 2.33. The van der Waals surface area contributed by atoms with Gasteiger partial charge in [-0.2, -0.15) is 5.26 Å². The second-order valence-electron chi connectivity index (χ2n) is 5.43. The van der Waals surface area contributed by atoms with Crippen LogP contribution in [0.3, 0.4) is 0 Å². The zero-order valence-electron chi connectivity index (χ0n) is 13.5. The van der Waals surface area contributed by atoms with Crippen molar-refractivity contribution in [2.45, 2.75) is 19.4 Å². The number of carbonyl (C=O) groups excluding carboxylic acids is 1. The van der Waals surface area contributed by atoms with Crippen molar-refractivity contribution < 1.29 is 23.4 Å². The molecule has 0 amide bonds. The third kappa shape index (κ3) is 4.02. The normalized spacial score (nSPS) is 10.6. The molecule has 124 valence electrons. The van der Waals surface area contributed by atoms with Gasteiger partial charge in [0.05, 0.1) is 18.7 Å². The monoisotopic (exact) mass is 329 g/mol. The molecule has 0 spiro atoms. The lowest BCUT2D eigenvalue weighted by molar-refractivity contribution is -0.149. The fourth-order valence-electron chi connectivity index (χ4n) is 1.88. The Morgan fingerprint density at radius 2 is 1.79 bits per heavy atom. The summed E-state index contributed by atoms with van der Waals surface area (Å²) in [7, 11) is 1.41. The van der Waals surface area contributed by atoms with Gasteiger partial charge in [-0.25, -0.2) is 9.18 Å². The Hall–Kier alpha value is -3.07. The third-order valence-electron chi connectivity index (χ3n) is 3.17. The molecule has 0 N–H and O–H groups in total. The van der Waals surface area contributed by atoms with Gasteiger partial charge in [-0.15, -0.1) is 0 Å². The summed E-state index contributed by atoms with van der Waals surface area (Å²) in [5.41, 5.74) is -0.926. The molecular weight excluding hydrogens is 313 g/mol. The molecule has 0 saturated carbocycles. The summed E-state index contributed by atoms with van der Waals surface area (Å²) >= 11 is 0. The van der Waals surface area contributed by atoms with Crippen molar-refractivity contribution in [2.75, 3.05) is 7.11 Å². The number of benzene rings is 2. The van der Waals surface area contributed by atoms with Crippen LogP contribution in [0.15, 0.2) is 42.5 Å². The van der Waals surface area contributed by atoms with Gasteiger partial charge >= 0.3 is 5.97 Å². The van der Waals surface area contributed by atoms with Crippen molar-refractivity contribution in [3.8, 4) is 23.3 Å². The van der Waals surface area contributed by atoms with Crippen LogP contribution in [0.1, 0.15) is 19.4 Å². The van der Waals surface area contributed by atoms with Gasteiger partial charge in [0.2, 0.25) is 5.60 Å². The number of esters is 1. The van der Waals surface area contributed by atoms with Gasteiger partial charge < -0.3 is 14.2 Å². The first kappa shape index (κ1) is 17.3. The SMILES string of the molecule is COc1cc(C#N)ccc1OC(=O)C(C)(C)Oc1ccc(F)cc1. The van der Waals surface area contributed by atoms with Crippen molar-refractivity contribution >= 4 is 5.97 Å². The molecule has 6 heteroatoms. The number of nitriles is 1. The van der Waals surface area contributed by atoms with E-state index >= 15 is 0 Å². The average molecular weight is 329 g/mol. The van der Waals surface area contributed by atoms with Crippen LogP contribution in [-0.2, 0) is 4.79 Å². The Morgan fingerprint density at radius 3 is 2.38 bits per heavy atom. The van der Waals surface area contributed by atoms with Crippen LogP contribution in [-0.4, -0.2) is 18.7 Å². The van der Waals surface area contributed by atoms with E-state index in [9.17, 15) is 9.18 Å². The molecule has 24 heavy (non-hydrogen) atoms. The largest absolute Gasteiger partial charge is 0.493 e. The minimum atomic E-state index is -1.31. The van der Waals surface area contributed by atoms with Crippen molar-refractivity contribution in [3.05, 3.63) is 53.8 Å². The highest BCUT2D eigenvalue weighted by atomic mass is 19.1. The molecule has 0 aliphatic carbocycles. The first-order chi connectivity index (χ1) is 11.4. The highest BCUT2D eigenvalue weighted by molar-refractivity contribution is 5.82. The second-order valence-corrected chi connectivity index (χ2v) is 5.43. The number of nitrogens with zero attached hydrogens (tertiary/aromatic N) is 1. The van der Waals surface area contributed by atoms with Gasteiger partial charge in [0, 0.05) is 6.07 Å². The van der Waals surface area contributed by atoms with Gasteiger partial charge in [0.15, 0.2) is 11.5 Å². The molecule has 5 nitrogen and oxygen atoms in total. The number of rotatable bonds is 5. The van der Waals surface area contributed by atoms with E-state index in [-0.39, 0.29) is 11.5 Å². The molecule has 0 unspecified atom stereocenters. The van der Waals surface area contributed by atoms with Crippen molar-refractivity contribution in [1.82, 2.24) is 0 Å². The first-order valence-corrected chi connectivity index (χ1v) is 7.10. The number of ether oxygens (including phenoxy) is 3. The maximum absolute atomic E-state index is 12.9. The Morgan fingerprint density at radius 1 is 1.12 bits per heavy atom. The summed E-state index contributed by atoms with van der Waals surface area (Å²) in [6.07, 6.45) is 0. The summed E-state index contributed by atoms with van der Waals surface area (Å²) in [5.74, 6) is -0.276. The minimum absolute atomic E-state index is 0.178. The lowest BCUT2D eigenvalue weighted by atomic mass is 10.1. The average Bonchev–Trinajstić information content (AvgIpc) is 2.57. The Balaban J connectivity index is 2.16. The highest BCUT2D eigenvalue weighted by Crippen LogP contribution is 2.29. The maximum atomic E-state index is 12.9. The van der Waals surface area contributed by atoms with E-state index in [1.54, 1.807) is 0 Å². The predicted octanol–water partition coefficient (Wildman–Crippen LogP) is 3.47. The minimum Gasteiger partial charge on any atom is -0.493 e. The molecule has 2 rings (SSSR count). The lowest BCUT2D eigenvalue weighted by Crippen LogP contribution is -2.41. The molecule has 0 aliphatic rings. The number of hydrogen-bond acceptors (Lipinski definition) is 5. The summed E-state index contributed by atoms with van der Waals surface area (Å²) in [5, 5.41) is 8.88. The molecule has 2 aromatic carbocycles. The number of hydrogen-bond donors (Lipinski definition) is 0. The van der Waals surface area contributed by atoms with Crippen molar-refractivity contribution in [1.29, 1.82) is 5.26 Å². The summed E-state index contributed by atoms with van der Waals surface area (Å²) in [4.78, 5) is 12.4. The number of carbonyl (C=O) groups is 1. The zero-order valence-corrected chi connectivity index (χ0v) is 13.5. The van der Waals surface area contributed by atoms with Crippen LogP contribution < -0.4 is 14.2 Å². The lowest BCUT2D eigenvalue weighted by Gasteiger charge is -2.24. The third-order valence-corrected chi connectivity index (χ3v) is 3.17. The van der Waals surface area contributed by atoms with Gasteiger partial charge in [0.25, 0.3) is 0 Å². The van der Waals surface area contributed by atoms with Crippen LogP contribution >= 0.6 is 0 Å². The summed E-state index contributed by atoms with van der Waals surface area (Å²) in [6.45, 7) is 3.07. The molecule has 0 atom stereocenters. The van der Waals surface area contributed by atoms with Gasteiger partial charge in [-0.1, -0.05) is 0 Å². The van der Waals surface area contributed by atoms with E-state index < -0.39 is 17.4 Å². The molecular formula is C18H16FNO4. The molecule has 2 aromatic rings. The van der Waals surface area contributed by atoms with Gasteiger partial charge in [-0.05, 0) is 50.2 Å². The van der Waals surface area contributed by atoms with Crippen molar-refractivity contribution in [3.63, 3.8) is 0 Å². The quantitative estimate of drug-likeness (QED) is 0.620. The van der Waals surface area contributed by atoms with Crippen LogP contribution in [0.5, 0.6) is 17.2 Å². The second kappa shape index (κ2) is 7.01. The van der Waals surface area contributed by atoms with Gasteiger partial charge in [0.1, 0.15) is 11.6 Å².